The van der Waals surface area contributed by atoms with Crippen LogP contribution in [-0.2, 0) is 9.53 Å². The highest BCUT2D eigenvalue weighted by Crippen LogP contribution is 2.45. The summed E-state index contributed by atoms with van der Waals surface area (Å²) in [5, 5.41) is 13.5. The van der Waals surface area contributed by atoms with Gasteiger partial charge in [-0.1, -0.05) is 13.8 Å². The second-order valence-corrected chi connectivity index (χ2v) is 6.40. The first-order valence-electron chi connectivity index (χ1n) is 7.02. The van der Waals surface area contributed by atoms with Crippen LogP contribution in [0.2, 0.25) is 0 Å². The van der Waals surface area contributed by atoms with Crippen molar-refractivity contribution in [3.05, 3.63) is 0 Å². The van der Waals surface area contributed by atoms with Gasteiger partial charge in [0.05, 0.1) is 18.1 Å². The molecule has 4 nitrogen and oxygen atoms in total. The van der Waals surface area contributed by atoms with E-state index in [9.17, 15) is 9.90 Å². The van der Waals surface area contributed by atoms with Gasteiger partial charge in [0.2, 0.25) is 5.91 Å². The molecule has 2 rings (SSSR count). The Labute approximate surface area is 109 Å². The summed E-state index contributed by atoms with van der Waals surface area (Å²) in [5.74, 6) is -0.00214. The third kappa shape index (κ3) is 2.69. The van der Waals surface area contributed by atoms with E-state index in [1.165, 1.54) is 0 Å². The van der Waals surface area contributed by atoms with Gasteiger partial charge in [0, 0.05) is 13.2 Å². The number of hydrogen-bond acceptors (Lipinski definition) is 3. The van der Waals surface area contributed by atoms with Crippen LogP contribution in [0.25, 0.3) is 0 Å². The van der Waals surface area contributed by atoms with Gasteiger partial charge in [-0.25, -0.2) is 0 Å². The van der Waals surface area contributed by atoms with Gasteiger partial charge in [-0.15, -0.1) is 0 Å². The Morgan fingerprint density at radius 3 is 2.72 bits per heavy atom. The first kappa shape index (κ1) is 13.8. The first-order valence-corrected chi connectivity index (χ1v) is 7.02. The SMILES string of the molecule is CC1(C)CCC[C@@]1(O)CNC(=O)[C@H]1CCCOC1. The summed E-state index contributed by atoms with van der Waals surface area (Å²) in [5.41, 5.74) is -0.860. The summed E-state index contributed by atoms with van der Waals surface area (Å²) in [6.07, 6.45) is 4.68. The minimum absolute atomic E-state index is 0.0332. The number of amides is 1. The van der Waals surface area contributed by atoms with Crippen molar-refractivity contribution in [2.24, 2.45) is 11.3 Å². The molecule has 0 radical (unpaired) electrons. The number of carbonyl (C=O) groups excluding carboxylic acids is 1. The van der Waals surface area contributed by atoms with E-state index in [4.69, 9.17) is 4.74 Å². The Balaban J connectivity index is 1.85. The van der Waals surface area contributed by atoms with Crippen LogP contribution in [0.15, 0.2) is 0 Å². The zero-order chi connectivity index (χ0) is 13.2. The van der Waals surface area contributed by atoms with Crippen LogP contribution in [0.1, 0.15) is 46.0 Å². The second kappa shape index (κ2) is 5.17. The summed E-state index contributed by atoms with van der Waals surface area (Å²) >= 11 is 0. The Morgan fingerprint density at radius 2 is 2.17 bits per heavy atom. The van der Waals surface area contributed by atoms with Crippen LogP contribution < -0.4 is 5.32 Å². The summed E-state index contributed by atoms with van der Waals surface area (Å²) in [6, 6.07) is 0. The van der Waals surface area contributed by atoms with E-state index in [-0.39, 0.29) is 17.2 Å². The van der Waals surface area contributed by atoms with Gasteiger partial charge in [0.25, 0.3) is 0 Å². The van der Waals surface area contributed by atoms with Crippen LogP contribution in [0, 0.1) is 11.3 Å². The zero-order valence-corrected chi connectivity index (χ0v) is 11.5. The number of hydrogen-bond donors (Lipinski definition) is 2. The predicted molar refractivity (Wildman–Crippen MR) is 69.1 cm³/mol. The van der Waals surface area contributed by atoms with Crippen molar-refractivity contribution in [3.8, 4) is 0 Å². The molecule has 2 atom stereocenters. The standard InChI is InChI=1S/C14H25NO3/c1-13(2)6-4-7-14(13,17)10-15-12(16)11-5-3-8-18-9-11/h11,17H,3-10H2,1-2H3,(H,15,16)/t11-,14+/m0/s1. The maximum atomic E-state index is 12.0. The lowest BCUT2D eigenvalue weighted by atomic mass is 9.77. The minimum Gasteiger partial charge on any atom is -0.387 e. The smallest absolute Gasteiger partial charge is 0.225 e. The molecule has 104 valence electrons. The number of carbonyl (C=O) groups is 1. The molecule has 18 heavy (non-hydrogen) atoms. The van der Waals surface area contributed by atoms with Crippen molar-refractivity contribution in [1.82, 2.24) is 5.32 Å². The van der Waals surface area contributed by atoms with Gasteiger partial charge in [-0.2, -0.15) is 0 Å². The van der Waals surface area contributed by atoms with E-state index in [0.717, 1.165) is 38.7 Å². The van der Waals surface area contributed by atoms with Crippen molar-refractivity contribution in [2.45, 2.75) is 51.6 Å². The Bertz CT molecular complexity index is 310. The number of ether oxygens (including phenoxy) is 1. The molecule has 2 aliphatic rings. The molecular weight excluding hydrogens is 230 g/mol. The maximum Gasteiger partial charge on any atom is 0.225 e. The normalized spacial score (nSPS) is 35.4. The van der Waals surface area contributed by atoms with E-state index in [0.29, 0.717) is 13.2 Å². The Morgan fingerprint density at radius 1 is 1.39 bits per heavy atom. The van der Waals surface area contributed by atoms with Crippen molar-refractivity contribution in [2.75, 3.05) is 19.8 Å². The lowest BCUT2D eigenvalue weighted by Gasteiger charge is -2.37. The maximum absolute atomic E-state index is 12.0. The fourth-order valence-electron chi connectivity index (χ4n) is 3.05. The van der Waals surface area contributed by atoms with Crippen LogP contribution in [-0.4, -0.2) is 36.4 Å². The highest BCUT2D eigenvalue weighted by atomic mass is 16.5. The van der Waals surface area contributed by atoms with Gasteiger partial charge in [0.1, 0.15) is 0 Å². The van der Waals surface area contributed by atoms with Crippen molar-refractivity contribution in [1.29, 1.82) is 0 Å². The molecule has 0 aromatic carbocycles. The van der Waals surface area contributed by atoms with E-state index >= 15 is 0 Å². The number of rotatable bonds is 3. The van der Waals surface area contributed by atoms with Gasteiger partial charge in [0.15, 0.2) is 0 Å². The van der Waals surface area contributed by atoms with E-state index in [1.807, 2.05) is 0 Å². The molecule has 1 saturated heterocycles. The largest absolute Gasteiger partial charge is 0.387 e. The molecule has 1 aliphatic carbocycles. The number of nitrogens with one attached hydrogen (secondary N) is 1. The molecule has 0 aromatic heterocycles. The van der Waals surface area contributed by atoms with Gasteiger partial charge >= 0.3 is 0 Å². The van der Waals surface area contributed by atoms with Gasteiger partial charge in [-0.3, -0.25) is 4.79 Å². The van der Waals surface area contributed by atoms with Crippen LogP contribution in [0.5, 0.6) is 0 Å². The molecule has 0 spiro atoms. The summed E-state index contributed by atoms with van der Waals surface area (Å²) in [7, 11) is 0. The Hall–Kier alpha value is -0.610. The highest BCUT2D eigenvalue weighted by molar-refractivity contribution is 5.78. The molecule has 0 bridgehead atoms. The van der Waals surface area contributed by atoms with Crippen LogP contribution in [0.3, 0.4) is 0 Å². The van der Waals surface area contributed by atoms with Crippen molar-refractivity contribution >= 4 is 5.91 Å². The molecule has 0 unspecified atom stereocenters. The van der Waals surface area contributed by atoms with E-state index in [1.54, 1.807) is 0 Å². The molecular formula is C14H25NO3. The quantitative estimate of drug-likeness (QED) is 0.803. The minimum atomic E-state index is -0.752. The average molecular weight is 255 g/mol. The fourth-order valence-corrected chi connectivity index (χ4v) is 3.05. The predicted octanol–water partition coefficient (Wildman–Crippen LogP) is 1.47. The summed E-state index contributed by atoms with van der Waals surface area (Å²) < 4.78 is 5.32. The average Bonchev–Trinajstić information content (AvgIpc) is 2.62. The van der Waals surface area contributed by atoms with E-state index in [2.05, 4.69) is 19.2 Å². The molecule has 2 N–H and O–H groups in total. The van der Waals surface area contributed by atoms with Crippen molar-refractivity contribution < 1.29 is 14.6 Å². The molecule has 1 aliphatic heterocycles. The van der Waals surface area contributed by atoms with Gasteiger partial charge < -0.3 is 15.2 Å². The third-order valence-electron chi connectivity index (χ3n) is 4.74. The highest BCUT2D eigenvalue weighted by Gasteiger charge is 2.47. The molecule has 1 saturated carbocycles. The fraction of sp³-hybridized carbons (Fsp3) is 0.929. The second-order valence-electron chi connectivity index (χ2n) is 6.40. The van der Waals surface area contributed by atoms with Crippen LogP contribution in [0.4, 0.5) is 0 Å². The van der Waals surface area contributed by atoms with Crippen LogP contribution >= 0.6 is 0 Å². The molecule has 4 heteroatoms. The van der Waals surface area contributed by atoms with E-state index < -0.39 is 5.60 Å². The number of aliphatic hydroxyl groups is 1. The lowest BCUT2D eigenvalue weighted by molar-refractivity contribution is -0.131. The van der Waals surface area contributed by atoms with Gasteiger partial charge in [-0.05, 0) is 37.5 Å². The zero-order valence-electron chi connectivity index (χ0n) is 11.5. The molecule has 1 heterocycles. The first-order chi connectivity index (χ1) is 8.45. The molecule has 1 amide bonds. The molecule has 0 aromatic rings. The monoisotopic (exact) mass is 255 g/mol. The third-order valence-corrected chi connectivity index (χ3v) is 4.74. The topological polar surface area (TPSA) is 58.6 Å². The summed E-state index contributed by atoms with van der Waals surface area (Å²) in [6.45, 7) is 5.81. The summed E-state index contributed by atoms with van der Waals surface area (Å²) in [4.78, 5) is 12.0. The molecule has 2 fully saturated rings. The lowest BCUT2D eigenvalue weighted by Crippen LogP contribution is -2.51. The van der Waals surface area contributed by atoms with Crippen molar-refractivity contribution in [3.63, 3.8) is 0 Å². The Kier molecular flexibility index (Phi) is 3.97.